The molecular formula is C16H23ClN2OS. The summed E-state index contributed by atoms with van der Waals surface area (Å²) in [4.78, 5) is 13.5. The van der Waals surface area contributed by atoms with Gasteiger partial charge in [0, 0.05) is 30.3 Å². The summed E-state index contributed by atoms with van der Waals surface area (Å²) < 4.78 is 0. The average Bonchev–Trinajstić information content (AvgIpc) is 2.50. The van der Waals surface area contributed by atoms with Crippen molar-refractivity contribution in [3.63, 3.8) is 0 Å². The maximum atomic E-state index is 11.1. The third-order valence-corrected chi connectivity index (χ3v) is 4.35. The number of carbonyl (C=O) groups is 1. The molecule has 0 bridgehead atoms. The lowest BCUT2D eigenvalue weighted by Gasteiger charge is -2.31. The SMILES string of the molecule is O=C(CS)NCCCCCN1CCCc2cc(Cl)ccc21. The van der Waals surface area contributed by atoms with E-state index < -0.39 is 0 Å². The third kappa shape index (κ3) is 5.11. The summed E-state index contributed by atoms with van der Waals surface area (Å²) in [7, 11) is 0. The molecule has 1 aliphatic rings. The summed E-state index contributed by atoms with van der Waals surface area (Å²) in [6.45, 7) is 2.96. The zero-order valence-electron chi connectivity index (χ0n) is 12.3. The highest BCUT2D eigenvalue weighted by Gasteiger charge is 2.16. The van der Waals surface area contributed by atoms with E-state index in [1.54, 1.807) is 0 Å². The van der Waals surface area contributed by atoms with E-state index in [0.717, 1.165) is 50.3 Å². The Morgan fingerprint density at radius 1 is 1.33 bits per heavy atom. The van der Waals surface area contributed by atoms with Gasteiger partial charge in [0.25, 0.3) is 0 Å². The zero-order chi connectivity index (χ0) is 15.1. The Kier molecular flexibility index (Phi) is 6.71. The van der Waals surface area contributed by atoms with E-state index in [1.807, 2.05) is 6.07 Å². The number of thiol groups is 1. The molecule has 0 saturated carbocycles. The van der Waals surface area contributed by atoms with E-state index in [4.69, 9.17) is 11.6 Å². The van der Waals surface area contributed by atoms with Crippen LogP contribution in [0.2, 0.25) is 5.02 Å². The number of benzene rings is 1. The van der Waals surface area contributed by atoms with Gasteiger partial charge in [-0.25, -0.2) is 0 Å². The number of hydrogen-bond acceptors (Lipinski definition) is 3. The minimum absolute atomic E-state index is 0.0140. The molecule has 0 unspecified atom stereocenters. The van der Waals surface area contributed by atoms with Crippen LogP contribution in [0.3, 0.4) is 0 Å². The number of aryl methyl sites for hydroxylation is 1. The van der Waals surface area contributed by atoms with Crippen molar-refractivity contribution in [1.82, 2.24) is 5.32 Å². The molecule has 1 aromatic rings. The lowest BCUT2D eigenvalue weighted by molar-refractivity contribution is -0.118. The van der Waals surface area contributed by atoms with Gasteiger partial charge < -0.3 is 10.2 Å². The molecule has 3 nitrogen and oxygen atoms in total. The van der Waals surface area contributed by atoms with Gasteiger partial charge in [0.1, 0.15) is 0 Å². The fraction of sp³-hybridized carbons (Fsp3) is 0.562. The van der Waals surface area contributed by atoms with Crippen molar-refractivity contribution in [2.75, 3.05) is 30.3 Å². The second-order valence-electron chi connectivity index (χ2n) is 5.43. The fourth-order valence-electron chi connectivity index (χ4n) is 2.76. The van der Waals surface area contributed by atoms with Crippen LogP contribution in [0.15, 0.2) is 18.2 Å². The summed E-state index contributed by atoms with van der Waals surface area (Å²) in [5.41, 5.74) is 2.71. The summed E-state index contributed by atoms with van der Waals surface area (Å²) in [6, 6.07) is 6.21. The molecule has 1 amide bonds. The van der Waals surface area contributed by atoms with Crippen molar-refractivity contribution in [2.24, 2.45) is 0 Å². The molecule has 0 radical (unpaired) electrons. The van der Waals surface area contributed by atoms with Crippen LogP contribution >= 0.6 is 24.2 Å². The van der Waals surface area contributed by atoms with Crippen LogP contribution in [-0.4, -0.2) is 31.3 Å². The first-order chi connectivity index (χ1) is 10.2. The summed E-state index contributed by atoms with van der Waals surface area (Å²) in [6.07, 6.45) is 5.64. The number of rotatable bonds is 7. The monoisotopic (exact) mass is 326 g/mol. The van der Waals surface area contributed by atoms with Crippen LogP contribution in [0, 0.1) is 0 Å². The van der Waals surface area contributed by atoms with Gasteiger partial charge in [0.2, 0.25) is 5.91 Å². The van der Waals surface area contributed by atoms with E-state index in [-0.39, 0.29) is 11.7 Å². The quantitative estimate of drug-likeness (QED) is 0.595. The molecule has 0 aliphatic carbocycles. The van der Waals surface area contributed by atoms with E-state index in [1.165, 1.54) is 17.7 Å². The number of nitrogens with one attached hydrogen (secondary N) is 1. The molecule has 5 heteroatoms. The minimum Gasteiger partial charge on any atom is -0.371 e. The smallest absolute Gasteiger partial charge is 0.229 e. The second-order valence-corrected chi connectivity index (χ2v) is 6.19. The largest absolute Gasteiger partial charge is 0.371 e. The van der Waals surface area contributed by atoms with Crippen molar-refractivity contribution >= 4 is 35.8 Å². The van der Waals surface area contributed by atoms with Gasteiger partial charge in [-0.1, -0.05) is 11.6 Å². The van der Waals surface area contributed by atoms with Crippen LogP contribution < -0.4 is 10.2 Å². The highest BCUT2D eigenvalue weighted by atomic mass is 35.5. The van der Waals surface area contributed by atoms with Gasteiger partial charge in [-0.15, -0.1) is 0 Å². The summed E-state index contributed by atoms with van der Waals surface area (Å²) in [5.74, 6) is 0.285. The number of nitrogens with zero attached hydrogens (tertiary/aromatic N) is 1. The van der Waals surface area contributed by atoms with Crippen LogP contribution in [0.25, 0.3) is 0 Å². The van der Waals surface area contributed by atoms with E-state index in [0.29, 0.717) is 0 Å². The Morgan fingerprint density at radius 3 is 3.00 bits per heavy atom. The minimum atomic E-state index is 0.0140. The molecule has 1 aliphatic heterocycles. The molecule has 0 aromatic heterocycles. The van der Waals surface area contributed by atoms with E-state index in [9.17, 15) is 4.79 Å². The third-order valence-electron chi connectivity index (χ3n) is 3.83. The second kappa shape index (κ2) is 8.54. The molecule has 0 spiro atoms. The Hall–Kier alpha value is -0.870. The first-order valence-corrected chi connectivity index (χ1v) is 8.62. The van der Waals surface area contributed by atoms with Gasteiger partial charge in [-0.05, 0) is 55.9 Å². The molecule has 1 heterocycles. The van der Waals surface area contributed by atoms with E-state index in [2.05, 4.69) is 35.0 Å². The van der Waals surface area contributed by atoms with E-state index >= 15 is 0 Å². The van der Waals surface area contributed by atoms with Crippen molar-refractivity contribution < 1.29 is 4.79 Å². The number of amides is 1. The predicted molar refractivity (Wildman–Crippen MR) is 92.7 cm³/mol. The highest BCUT2D eigenvalue weighted by molar-refractivity contribution is 7.81. The number of carbonyl (C=O) groups excluding carboxylic acids is 1. The molecule has 0 fully saturated rings. The first-order valence-electron chi connectivity index (χ1n) is 7.61. The maximum absolute atomic E-state index is 11.1. The molecular weight excluding hydrogens is 304 g/mol. The van der Waals surface area contributed by atoms with Crippen LogP contribution in [0.5, 0.6) is 0 Å². The lowest BCUT2D eigenvalue weighted by atomic mass is 10.0. The number of fused-ring (bicyclic) bond motifs is 1. The molecule has 21 heavy (non-hydrogen) atoms. The van der Waals surface area contributed by atoms with Gasteiger partial charge in [0.15, 0.2) is 0 Å². The van der Waals surface area contributed by atoms with Crippen molar-refractivity contribution in [3.05, 3.63) is 28.8 Å². The topological polar surface area (TPSA) is 32.3 Å². The molecule has 1 aromatic carbocycles. The summed E-state index contributed by atoms with van der Waals surface area (Å²) in [5, 5.41) is 3.68. The van der Waals surface area contributed by atoms with Crippen LogP contribution in [-0.2, 0) is 11.2 Å². The molecule has 2 rings (SSSR count). The van der Waals surface area contributed by atoms with Gasteiger partial charge in [-0.2, -0.15) is 12.6 Å². The average molecular weight is 327 g/mol. The Morgan fingerprint density at radius 2 is 2.19 bits per heavy atom. The van der Waals surface area contributed by atoms with Gasteiger partial charge in [0.05, 0.1) is 5.75 Å². The number of unbranched alkanes of at least 4 members (excludes halogenated alkanes) is 2. The molecule has 116 valence electrons. The van der Waals surface area contributed by atoms with Crippen LogP contribution in [0.4, 0.5) is 5.69 Å². The standard InChI is InChI=1S/C16H23ClN2OS/c17-14-6-7-15-13(11-14)5-4-10-19(15)9-3-1-2-8-18-16(20)12-21/h6-7,11,21H,1-5,8-10,12H2,(H,18,20). The number of halogens is 1. The Labute approximate surface area is 137 Å². The Balaban J connectivity index is 1.71. The van der Waals surface area contributed by atoms with Gasteiger partial charge >= 0.3 is 0 Å². The van der Waals surface area contributed by atoms with Crippen molar-refractivity contribution in [2.45, 2.75) is 32.1 Å². The van der Waals surface area contributed by atoms with Crippen molar-refractivity contribution in [1.29, 1.82) is 0 Å². The molecule has 1 N–H and O–H groups in total. The normalized spacial score (nSPS) is 13.9. The molecule has 0 saturated heterocycles. The van der Waals surface area contributed by atoms with Crippen LogP contribution in [0.1, 0.15) is 31.2 Å². The number of anilines is 1. The Bertz CT molecular complexity index is 481. The number of hydrogen-bond donors (Lipinski definition) is 2. The zero-order valence-corrected chi connectivity index (χ0v) is 13.9. The highest BCUT2D eigenvalue weighted by Crippen LogP contribution is 2.29. The van der Waals surface area contributed by atoms with Gasteiger partial charge in [-0.3, -0.25) is 4.79 Å². The lowest BCUT2D eigenvalue weighted by Crippen LogP contribution is -2.30. The molecule has 0 atom stereocenters. The van der Waals surface area contributed by atoms with Crippen molar-refractivity contribution in [3.8, 4) is 0 Å². The first kappa shape index (κ1) is 16.5. The predicted octanol–water partition coefficient (Wildman–Crippen LogP) is 3.31. The fourth-order valence-corrected chi connectivity index (χ4v) is 3.07. The maximum Gasteiger partial charge on any atom is 0.229 e. The summed E-state index contributed by atoms with van der Waals surface area (Å²) >= 11 is 10.00.